The van der Waals surface area contributed by atoms with Gasteiger partial charge < -0.3 is 10.2 Å². The van der Waals surface area contributed by atoms with Gasteiger partial charge in [0.25, 0.3) is 0 Å². The van der Waals surface area contributed by atoms with Crippen LogP contribution in [-0.4, -0.2) is 37.0 Å². The maximum atomic E-state index is 12.7. The van der Waals surface area contributed by atoms with E-state index < -0.39 is 0 Å². The molecule has 1 heterocycles. The molecule has 1 amide bonds. The molecule has 1 aromatic carbocycles. The third-order valence-corrected chi connectivity index (χ3v) is 4.70. The van der Waals surface area contributed by atoms with Crippen molar-refractivity contribution in [3.8, 4) is 0 Å². The summed E-state index contributed by atoms with van der Waals surface area (Å²) in [6, 6.07) is 8.94. The zero-order valence-electron chi connectivity index (χ0n) is 12.3. The first-order chi connectivity index (χ1) is 9.75. The number of hydrogen-bond donors (Lipinski definition) is 1. The van der Waals surface area contributed by atoms with Crippen molar-refractivity contribution in [2.75, 3.05) is 20.1 Å². The molecule has 0 radical (unpaired) electrons. The fraction of sp³-hybridized carbons (Fsp3) is 0.588. The van der Waals surface area contributed by atoms with Crippen LogP contribution in [0.25, 0.3) is 0 Å². The second-order valence-electron chi connectivity index (χ2n) is 6.16. The van der Waals surface area contributed by atoms with Gasteiger partial charge in [-0.15, -0.1) is 0 Å². The normalized spacial score (nSPS) is 25.2. The number of hydrogen-bond acceptors (Lipinski definition) is 2. The van der Waals surface area contributed by atoms with Gasteiger partial charge in [-0.05, 0) is 49.8 Å². The van der Waals surface area contributed by atoms with E-state index in [1.807, 2.05) is 11.9 Å². The molecule has 2 atom stereocenters. The van der Waals surface area contributed by atoms with Crippen LogP contribution in [-0.2, 0) is 11.2 Å². The number of aryl methyl sites for hydroxylation is 1. The van der Waals surface area contributed by atoms with Crippen LogP contribution < -0.4 is 5.32 Å². The van der Waals surface area contributed by atoms with Crippen molar-refractivity contribution in [1.82, 2.24) is 10.2 Å². The van der Waals surface area contributed by atoms with Crippen molar-refractivity contribution < 1.29 is 4.79 Å². The van der Waals surface area contributed by atoms with Gasteiger partial charge >= 0.3 is 0 Å². The van der Waals surface area contributed by atoms with E-state index >= 15 is 0 Å². The highest BCUT2D eigenvalue weighted by molar-refractivity contribution is 5.84. The molecule has 0 spiro atoms. The molecule has 0 saturated carbocycles. The molecule has 2 unspecified atom stereocenters. The number of likely N-dealkylation sites (N-methyl/N-ethyl adjacent to an activating group) is 1. The van der Waals surface area contributed by atoms with E-state index in [1.54, 1.807) is 0 Å². The Morgan fingerprint density at radius 1 is 1.30 bits per heavy atom. The quantitative estimate of drug-likeness (QED) is 0.916. The number of amides is 1. The Labute approximate surface area is 121 Å². The van der Waals surface area contributed by atoms with Crippen molar-refractivity contribution in [3.05, 3.63) is 35.4 Å². The van der Waals surface area contributed by atoms with Crippen LogP contribution in [0.1, 0.15) is 42.7 Å². The topological polar surface area (TPSA) is 32.3 Å². The van der Waals surface area contributed by atoms with Gasteiger partial charge in [-0.3, -0.25) is 4.79 Å². The van der Waals surface area contributed by atoms with E-state index in [4.69, 9.17) is 0 Å². The summed E-state index contributed by atoms with van der Waals surface area (Å²) in [4.78, 5) is 14.7. The van der Waals surface area contributed by atoms with Crippen LogP contribution >= 0.6 is 0 Å². The largest absolute Gasteiger partial charge is 0.344 e. The van der Waals surface area contributed by atoms with E-state index in [1.165, 1.54) is 24.0 Å². The highest BCUT2D eigenvalue weighted by atomic mass is 16.2. The number of nitrogens with one attached hydrogen (secondary N) is 1. The average Bonchev–Trinajstić information content (AvgIpc) is 2.99. The predicted molar refractivity (Wildman–Crippen MR) is 80.8 cm³/mol. The molecule has 1 fully saturated rings. The van der Waals surface area contributed by atoms with Gasteiger partial charge in [0.2, 0.25) is 5.91 Å². The minimum absolute atomic E-state index is 0.0753. The van der Waals surface area contributed by atoms with Crippen molar-refractivity contribution >= 4 is 5.91 Å². The summed E-state index contributed by atoms with van der Waals surface area (Å²) < 4.78 is 0. The summed E-state index contributed by atoms with van der Waals surface area (Å²) >= 11 is 0. The number of carbonyl (C=O) groups is 1. The van der Waals surface area contributed by atoms with Gasteiger partial charge in [-0.25, -0.2) is 0 Å². The Morgan fingerprint density at radius 3 is 2.95 bits per heavy atom. The van der Waals surface area contributed by atoms with Gasteiger partial charge in [0.15, 0.2) is 0 Å². The maximum absolute atomic E-state index is 12.7. The molecule has 1 saturated heterocycles. The van der Waals surface area contributed by atoms with E-state index in [0.717, 1.165) is 32.4 Å². The monoisotopic (exact) mass is 272 g/mol. The van der Waals surface area contributed by atoms with Gasteiger partial charge in [0, 0.05) is 19.6 Å². The molecule has 1 aliphatic heterocycles. The molecule has 3 nitrogen and oxygen atoms in total. The summed E-state index contributed by atoms with van der Waals surface area (Å²) in [5.74, 6) is 0.372. The summed E-state index contributed by atoms with van der Waals surface area (Å²) in [5, 5.41) is 3.47. The highest BCUT2D eigenvalue weighted by Gasteiger charge is 2.29. The lowest BCUT2D eigenvalue weighted by Crippen LogP contribution is -2.41. The second-order valence-corrected chi connectivity index (χ2v) is 6.16. The fourth-order valence-electron chi connectivity index (χ4n) is 3.61. The molecule has 1 aliphatic carbocycles. The number of carbonyl (C=O) groups excluding carboxylic acids is 1. The molecular weight excluding hydrogens is 248 g/mol. The number of fused-ring (bicyclic) bond motifs is 1. The van der Waals surface area contributed by atoms with Crippen molar-refractivity contribution in [2.24, 2.45) is 0 Å². The first-order valence-corrected chi connectivity index (χ1v) is 7.82. The van der Waals surface area contributed by atoms with Crippen molar-refractivity contribution in [3.63, 3.8) is 0 Å². The number of rotatable bonds is 3. The van der Waals surface area contributed by atoms with Gasteiger partial charge in [0.05, 0.1) is 5.92 Å². The zero-order valence-corrected chi connectivity index (χ0v) is 12.3. The first-order valence-electron chi connectivity index (χ1n) is 7.82. The van der Waals surface area contributed by atoms with Crippen molar-refractivity contribution in [2.45, 2.75) is 44.1 Å². The molecular formula is C17H24N2O. The summed E-state index contributed by atoms with van der Waals surface area (Å²) in [5.41, 5.74) is 2.62. The molecule has 20 heavy (non-hydrogen) atoms. The lowest BCUT2D eigenvalue weighted by Gasteiger charge is -2.30. The Hall–Kier alpha value is -1.35. The molecule has 108 valence electrons. The summed E-state index contributed by atoms with van der Waals surface area (Å²) in [6.07, 6.45) is 5.67. The molecule has 3 rings (SSSR count). The molecule has 1 N–H and O–H groups in total. The Bertz CT molecular complexity index is 480. The van der Waals surface area contributed by atoms with Crippen LogP contribution in [0.2, 0.25) is 0 Å². The zero-order chi connectivity index (χ0) is 13.9. The highest BCUT2D eigenvalue weighted by Crippen LogP contribution is 2.32. The lowest BCUT2D eigenvalue weighted by atomic mass is 9.82. The number of benzene rings is 1. The van der Waals surface area contributed by atoms with E-state index in [2.05, 4.69) is 29.6 Å². The minimum Gasteiger partial charge on any atom is -0.344 e. The van der Waals surface area contributed by atoms with Gasteiger partial charge in [-0.2, -0.15) is 0 Å². The van der Waals surface area contributed by atoms with Crippen molar-refractivity contribution in [1.29, 1.82) is 0 Å². The Morgan fingerprint density at radius 2 is 2.15 bits per heavy atom. The smallest absolute Gasteiger partial charge is 0.229 e. The summed E-state index contributed by atoms with van der Waals surface area (Å²) in [6.45, 7) is 1.94. The Kier molecular flexibility index (Phi) is 4.06. The van der Waals surface area contributed by atoms with E-state index in [-0.39, 0.29) is 5.92 Å². The third-order valence-electron chi connectivity index (χ3n) is 4.70. The number of nitrogens with zero attached hydrogens (tertiary/aromatic N) is 1. The van der Waals surface area contributed by atoms with Crippen LogP contribution in [0.5, 0.6) is 0 Å². The molecule has 0 bridgehead atoms. The lowest BCUT2D eigenvalue weighted by molar-refractivity contribution is -0.132. The standard InChI is InChI=1S/C17H24N2O/c1-19(12-14-8-5-11-18-14)17(20)16-10-4-7-13-6-2-3-9-15(13)16/h2-3,6,9,14,16,18H,4-5,7-8,10-12H2,1H3. The molecule has 2 aliphatic rings. The summed E-state index contributed by atoms with van der Waals surface area (Å²) in [7, 11) is 1.96. The van der Waals surface area contributed by atoms with Crippen LogP contribution in [0.15, 0.2) is 24.3 Å². The van der Waals surface area contributed by atoms with E-state index in [0.29, 0.717) is 11.9 Å². The minimum atomic E-state index is 0.0753. The Balaban J connectivity index is 1.70. The second kappa shape index (κ2) is 5.96. The average molecular weight is 272 g/mol. The van der Waals surface area contributed by atoms with Crippen LogP contribution in [0.4, 0.5) is 0 Å². The van der Waals surface area contributed by atoms with E-state index in [9.17, 15) is 4.79 Å². The van der Waals surface area contributed by atoms with Gasteiger partial charge in [-0.1, -0.05) is 24.3 Å². The fourth-order valence-corrected chi connectivity index (χ4v) is 3.61. The van der Waals surface area contributed by atoms with Gasteiger partial charge in [0.1, 0.15) is 0 Å². The molecule has 3 heteroatoms. The maximum Gasteiger partial charge on any atom is 0.229 e. The van der Waals surface area contributed by atoms with Crippen LogP contribution in [0, 0.1) is 0 Å². The molecule has 0 aromatic heterocycles. The SMILES string of the molecule is CN(CC1CCCN1)C(=O)C1CCCc2ccccc21. The third kappa shape index (κ3) is 2.73. The molecule has 1 aromatic rings. The first kappa shape index (κ1) is 13.6. The van der Waals surface area contributed by atoms with Crippen LogP contribution in [0.3, 0.4) is 0 Å². The predicted octanol–water partition coefficient (Wildman–Crippen LogP) is 2.32.